The maximum absolute atomic E-state index is 12.5. The van der Waals surface area contributed by atoms with Gasteiger partial charge in [0.15, 0.2) is 0 Å². The number of nitrogens with one attached hydrogen (secondary N) is 1. The number of nitrogens with zero attached hydrogens (tertiary/aromatic N) is 2. The average Bonchev–Trinajstić information content (AvgIpc) is 3.27. The van der Waals surface area contributed by atoms with E-state index in [2.05, 4.69) is 5.32 Å². The van der Waals surface area contributed by atoms with Gasteiger partial charge in [-0.2, -0.15) is 0 Å². The van der Waals surface area contributed by atoms with Crippen LogP contribution < -0.4 is 5.32 Å². The van der Waals surface area contributed by atoms with Crippen molar-refractivity contribution in [2.24, 2.45) is 5.92 Å². The van der Waals surface area contributed by atoms with Crippen LogP contribution in [0.4, 0.5) is 11.4 Å². The molecule has 2 rings (SSSR count). The molecule has 0 radical (unpaired) electrons. The highest BCUT2D eigenvalue weighted by molar-refractivity contribution is 6.01. The summed E-state index contributed by atoms with van der Waals surface area (Å²) in [4.78, 5) is 24.9. The Bertz CT molecular complexity index is 541. The van der Waals surface area contributed by atoms with Crippen LogP contribution in [0.5, 0.6) is 0 Å². The SMILES string of the molecule is CCCNc1c(C(=O)N(C)CC2CC2)cccc1[N+](=O)[O-]. The van der Waals surface area contributed by atoms with Gasteiger partial charge in [-0.25, -0.2) is 0 Å². The first-order valence-corrected chi connectivity index (χ1v) is 7.31. The predicted octanol–water partition coefficient (Wildman–Crippen LogP) is 2.90. The number of amides is 1. The van der Waals surface area contributed by atoms with Crippen LogP contribution >= 0.6 is 0 Å². The van der Waals surface area contributed by atoms with Crippen LogP contribution in [0.1, 0.15) is 36.5 Å². The van der Waals surface area contributed by atoms with Crippen LogP contribution in [0.2, 0.25) is 0 Å². The Hall–Kier alpha value is -2.11. The number of nitro groups is 1. The predicted molar refractivity (Wildman–Crippen MR) is 81.6 cm³/mol. The molecule has 21 heavy (non-hydrogen) atoms. The lowest BCUT2D eigenvalue weighted by Crippen LogP contribution is -2.29. The number of hydrogen-bond acceptors (Lipinski definition) is 4. The molecule has 0 heterocycles. The summed E-state index contributed by atoms with van der Waals surface area (Å²) in [7, 11) is 1.75. The van der Waals surface area contributed by atoms with E-state index >= 15 is 0 Å². The van der Waals surface area contributed by atoms with Crippen molar-refractivity contribution in [2.45, 2.75) is 26.2 Å². The van der Waals surface area contributed by atoms with E-state index in [1.165, 1.54) is 6.07 Å². The number of nitro benzene ring substituents is 1. The Morgan fingerprint density at radius 1 is 1.48 bits per heavy atom. The molecule has 1 saturated carbocycles. The topological polar surface area (TPSA) is 75.5 Å². The summed E-state index contributed by atoms with van der Waals surface area (Å²) in [6.45, 7) is 3.29. The van der Waals surface area contributed by atoms with Gasteiger partial charge in [0.2, 0.25) is 0 Å². The molecule has 0 aliphatic heterocycles. The highest BCUT2D eigenvalue weighted by Crippen LogP contribution is 2.32. The van der Waals surface area contributed by atoms with Gasteiger partial charge in [0.1, 0.15) is 5.69 Å². The third kappa shape index (κ3) is 3.71. The summed E-state index contributed by atoms with van der Waals surface area (Å²) < 4.78 is 0. The highest BCUT2D eigenvalue weighted by Gasteiger charge is 2.28. The van der Waals surface area contributed by atoms with Gasteiger partial charge in [0, 0.05) is 26.2 Å². The van der Waals surface area contributed by atoms with Crippen molar-refractivity contribution in [1.82, 2.24) is 4.90 Å². The van der Waals surface area contributed by atoms with Crippen molar-refractivity contribution in [3.8, 4) is 0 Å². The van der Waals surface area contributed by atoms with Gasteiger partial charge in [-0.15, -0.1) is 0 Å². The molecule has 0 unspecified atom stereocenters. The van der Waals surface area contributed by atoms with E-state index in [1.807, 2.05) is 6.92 Å². The van der Waals surface area contributed by atoms with E-state index in [9.17, 15) is 14.9 Å². The molecule has 1 amide bonds. The van der Waals surface area contributed by atoms with Crippen molar-refractivity contribution in [2.75, 3.05) is 25.5 Å². The molecule has 1 aromatic carbocycles. The number of benzene rings is 1. The van der Waals surface area contributed by atoms with E-state index in [1.54, 1.807) is 24.1 Å². The van der Waals surface area contributed by atoms with E-state index in [0.29, 0.717) is 23.7 Å². The molecule has 0 bridgehead atoms. The number of rotatable bonds is 7. The second kappa shape index (κ2) is 6.56. The minimum Gasteiger partial charge on any atom is -0.379 e. The lowest BCUT2D eigenvalue weighted by atomic mass is 10.1. The molecular formula is C15H21N3O3. The van der Waals surface area contributed by atoms with Crippen LogP contribution in [0.15, 0.2) is 18.2 Å². The molecule has 6 nitrogen and oxygen atoms in total. The first kappa shape index (κ1) is 15.3. The van der Waals surface area contributed by atoms with Crippen LogP contribution in [0.3, 0.4) is 0 Å². The Morgan fingerprint density at radius 3 is 2.76 bits per heavy atom. The summed E-state index contributed by atoms with van der Waals surface area (Å²) in [5, 5.41) is 14.2. The van der Waals surface area contributed by atoms with Gasteiger partial charge in [-0.05, 0) is 31.2 Å². The number of para-hydroxylation sites is 1. The van der Waals surface area contributed by atoms with E-state index in [0.717, 1.165) is 25.8 Å². The van der Waals surface area contributed by atoms with Crippen molar-refractivity contribution >= 4 is 17.3 Å². The summed E-state index contributed by atoms with van der Waals surface area (Å²) >= 11 is 0. The van der Waals surface area contributed by atoms with Gasteiger partial charge in [0.05, 0.1) is 10.5 Å². The summed E-state index contributed by atoms with van der Waals surface area (Å²) in [5.41, 5.74) is 0.659. The lowest BCUT2D eigenvalue weighted by Gasteiger charge is -2.19. The van der Waals surface area contributed by atoms with E-state index in [-0.39, 0.29) is 11.6 Å². The molecule has 1 aliphatic carbocycles. The molecule has 0 atom stereocenters. The second-order valence-electron chi connectivity index (χ2n) is 5.51. The monoisotopic (exact) mass is 291 g/mol. The Morgan fingerprint density at radius 2 is 2.19 bits per heavy atom. The van der Waals surface area contributed by atoms with Gasteiger partial charge in [-0.1, -0.05) is 13.0 Å². The first-order chi connectivity index (χ1) is 10.0. The molecule has 0 saturated heterocycles. The van der Waals surface area contributed by atoms with Gasteiger partial charge in [-0.3, -0.25) is 14.9 Å². The maximum atomic E-state index is 12.5. The largest absolute Gasteiger partial charge is 0.379 e. The number of anilines is 1. The Kier molecular flexibility index (Phi) is 4.77. The third-order valence-electron chi connectivity index (χ3n) is 3.60. The van der Waals surface area contributed by atoms with Gasteiger partial charge >= 0.3 is 0 Å². The minimum atomic E-state index is -0.449. The molecule has 1 fully saturated rings. The summed E-state index contributed by atoms with van der Waals surface area (Å²) in [6, 6.07) is 4.64. The zero-order chi connectivity index (χ0) is 15.4. The lowest BCUT2D eigenvalue weighted by molar-refractivity contribution is -0.384. The maximum Gasteiger partial charge on any atom is 0.293 e. The van der Waals surface area contributed by atoms with Crippen LogP contribution in [-0.2, 0) is 0 Å². The normalized spacial score (nSPS) is 13.8. The Balaban J connectivity index is 2.29. The van der Waals surface area contributed by atoms with Gasteiger partial charge < -0.3 is 10.2 Å². The van der Waals surface area contributed by atoms with Crippen molar-refractivity contribution in [3.63, 3.8) is 0 Å². The molecule has 1 aliphatic rings. The Labute approximate surface area is 124 Å². The average molecular weight is 291 g/mol. The zero-order valence-corrected chi connectivity index (χ0v) is 12.5. The fourth-order valence-electron chi connectivity index (χ4n) is 2.28. The van der Waals surface area contributed by atoms with Gasteiger partial charge in [0.25, 0.3) is 11.6 Å². The molecule has 0 spiro atoms. The van der Waals surface area contributed by atoms with E-state index in [4.69, 9.17) is 0 Å². The summed E-state index contributed by atoms with van der Waals surface area (Å²) in [5.74, 6) is 0.425. The van der Waals surface area contributed by atoms with Crippen LogP contribution in [0, 0.1) is 16.0 Å². The van der Waals surface area contributed by atoms with E-state index < -0.39 is 4.92 Å². The van der Waals surface area contributed by atoms with Crippen molar-refractivity contribution < 1.29 is 9.72 Å². The van der Waals surface area contributed by atoms with Crippen molar-refractivity contribution in [3.05, 3.63) is 33.9 Å². The number of carbonyl (C=O) groups excluding carboxylic acids is 1. The quantitative estimate of drug-likeness (QED) is 0.619. The zero-order valence-electron chi connectivity index (χ0n) is 12.5. The fourth-order valence-corrected chi connectivity index (χ4v) is 2.28. The molecular weight excluding hydrogens is 270 g/mol. The smallest absolute Gasteiger partial charge is 0.293 e. The third-order valence-corrected chi connectivity index (χ3v) is 3.60. The fraction of sp³-hybridized carbons (Fsp3) is 0.533. The number of carbonyl (C=O) groups is 1. The summed E-state index contributed by atoms with van der Waals surface area (Å²) in [6.07, 6.45) is 3.15. The standard InChI is InChI=1S/C15H21N3O3/c1-3-9-16-14-12(5-4-6-13(14)18(20)21)15(19)17(2)10-11-7-8-11/h4-6,11,16H,3,7-10H2,1-2H3. The second-order valence-corrected chi connectivity index (χ2v) is 5.51. The molecule has 1 N–H and O–H groups in total. The molecule has 0 aromatic heterocycles. The van der Waals surface area contributed by atoms with Crippen LogP contribution in [0.25, 0.3) is 0 Å². The molecule has 1 aromatic rings. The minimum absolute atomic E-state index is 0.0471. The molecule has 6 heteroatoms. The first-order valence-electron chi connectivity index (χ1n) is 7.31. The highest BCUT2D eigenvalue weighted by atomic mass is 16.6. The van der Waals surface area contributed by atoms with Crippen LogP contribution in [-0.4, -0.2) is 35.9 Å². The molecule has 114 valence electrons. The van der Waals surface area contributed by atoms with Crippen molar-refractivity contribution in [1.29, 1.82) is 0 Å². The number of hydrogen-bond donors (Lipinski definition) is 1.